The van der Waals surface area contributed by atoms with Crippen LogP contribution in [0, 0.1) is 11.7 Å². The zero-order valence-electron chi connectivity index (χ0n) is 20.2. The Kier molecular flexibility index (Phi) is 9.47. The normalized spacial score (nSPS) is 16.2. The Morgan fingerprint density at radius 3 is 2.41 bits per heavy atom. The van der Waals surface area contributed by atoms with Crippen LogP contribution in [0.5, 0.6) is 11.5 Å². The summed E-state index contributed by atoms with van der Waals surface area (Å²) in [5, 5.41) is 7.30. The minimum Gasteiger partial charge on any atom is -0.484 e. The highest BCUT2D eigenvalue weighted by atomic mass is 19.4. The van der Waals surface area contributed by atoms with Gasteiger partial charge >= 0.3 is 6.36 Å². The van der Waals surface area contributed by atoms with Crippen LogP contribution in [0.25, 0.3) is 6.08 Å². The molecule has 0 aromatic heterocycles. The van der Waals surface area contributed by atoms with E-state index in [-0.39, 0.29) is 29.3 Å². The number of ether oxygens (including phenoxy) is 2. The van der Waals surface area contributed by atoms with Crippen molar-refractivity contribution >= 4 is 29.7 Å². The van der Waals surface area contributed by atoms with Crippen molar-refractivity contribution in [1.29, 1.82) is 0 Å². The quantitative estimate of drug-likeness (QED) is 0.247. The molecule has 0 saturated carbocycles. The van der Waals surface area contributed by atoms with Crippen LogP contribution < -0.4 is 31.2 Å². The SMILES string of the molecule is NC(=O)[C@H](C[C@@H]1CCNC1=O)NC(=O)C(=Cc1cccc(F)c1)NC(=O)COc1ccc(OC(F)(F)F)cc1. The monoisotopic (exact) mass is 552 g/mol. The average molecular weight is 552 g/mol. The highest BCUT2D eigenvalue weighted by Crippen LogP contribution is 2.24. The third kappa shape index (κ3) is 9.32. The van der Waals surface area contributed by atoms with Crippen LogP contribution in [0.1, 0.15) is 18.4 Å². The number of alkyl halides is 3. The van der Waals surface area contributed by atoms with E-state index in [9.17, 15) is 36.7 Å². The lowest BCUT2D eigenvalue weighted by Crippen LogP contribution is -2.48. The Labute approximate surface area is 219 Å². The molecule has 1 heterocycles. The molecule has 4 amide bonds. The molecule has 5 N–H and O–H groups in total. The Hall–Kier alpha value is -4.62. The van der Waals surface area contributed by atoms with Crippen molar-refractivity contribution in [3.63, 3.8) is 0 Å². The van der Waals surface area contributed by atoms with E-state index in [2.05, 4.69) is 20.7 Å². The van der Waals surface area contributed by atoms with Crippen LogP contribution in [0.2, 0.25) is 0 Å². The fourth-order valence-electron chi connectivity index (χ4n) is 3.63. The van der Waals surface area contributed by atoms with Gasteiger partial charge in [-0.3, -0.25) is 19.2 Å². The van der Waals surface area contributed by atoms with Crippen LogP contribution in [0.3, 0.4) is 0 Å². The zero-order valence-corrected chi connectivity index (χ0v) is 20.2. The first-order valence-corrected chi connectivity index (χ1v) is 11.5. The predicted molar refractivity (Wildman–Crippen MR) is 128 cm³/mol. The summed E-state index contributed by atoms with van der Waals surface area (Å²) in [7, 11) is 0. The lowest BCUT2D eigenvalue weighted by atomic mass is 9.98. The summed E-state index contributed by atoms with van der Waals surface area (Å²) in [6, 6.07) is 8.10. The number of nitrogens with two attached hydrogens (primary N) is 1. The van der Waals surface area contributed by atoms with Crippen LogP contribution in [-0.2, 0) is 19.2 Å². The Morgan fingerprint density at radius 2 is 1.82 bits per heavy atom. The topological polar surface area (TPSA) is 149 Å². The van der Waals surface area contributed by atoms with Crippen LogP contribution in [0.15, 0.2) is 54.2 Å². The van der Waals surface area contributed by atoms with Gasteiger partial charge in [0.1, 0.15) is 29.1 Å². The van der Waals surface area contributed by atoms with Gasteiger partial charge in [-0.15, -0.1) is 13.2 Å². The van der Waals surface area contributed by atoms with Crippen molar-refractivity contribution in [1.82, 2.24) is 16.0 Å². The predicted octanol–water partition coefficient (Wildman–Crippen LogP) is 1.76. The number of primary amides is 1. The Bertz CT molecular complexity index is 1250. The number of hydrogen-bond acceptors (Lipinski definition) is 6. The van der Waals surface area contributed by atoms with E-state index in [4.69, 9.17) is 10.5 Å². The first-order chi connectivity index (χ1) is 18.4. The molecule has 0 spiro atoms. The maximum atomic E-state index is 13.7. The van der Waals surface area contributed by atoms with Gasteiger partial charge in [0.05, 0.1) is 0 Å². The molecular formula is C25H24F4N4O6. The summed E-state index contributed by atoms with van der Waals surface area (Å²) in [5.74, 6) is -4.60. The maximum absolute atomic E-state index is 13.7. The molecule has 2 aromatic rings. The molecular weight excluding hydrogens is 528 g/mol. The molecule has 1 saturated heterocycles. The summed E-state index contributed by atoms with van der Waals surface area (Å²) >= 11 is 0. The van der Waals surface area contributed by atoms with E-state index in [1.165, 1.54) is 18.2 Å². The van der Waals surface area contributed by atoms with Crippen molar-refractivity contribution in [2.45, 2.75) is 25.2 Å². The van der Waals surface area contributed by atoms with Crippen molar-refractivity contribution in [2.75, 3.05) is 13.2 Å². The van der Waals surface area contributed by atoms with Crippen LogP contribution in [-0.4, -0.2) is 49.2 Å². The third-order valence-electron chi connectivity index (χ3n) is 5.44. The van der Waals surface area contributed by atoms with Gasteiger partial charge in [-0.05, 0) is 60.9 Å². The first-order valence-electron chi connectivity index (χ1n) is 11.5. The van der Waals surface area contributed by atoms with E-state index in [0.29, 0.717) is 13.0 Å². The standard InChI is InChI=1S/C25H24F4N4O6/c26-16-3-1-2-14(10-16)11-20(24(37)33-19(22(30)35)12-15-8-9-31-23(15)36)32-21(34)13-38-17-4-6-18(7-5-17)39-25(27,28)29/h1-7,10-11,15,19H,8-9,12-13H2,(H2,30,35)(H,31,36)(H,32,34)(H,33,37)/t15-,19-/m0/s1. The number of benzene rings is 2. The van der Waals surface area contributed by atoms with Gasteiger partial charge in [0, 0.05) is 12.5 Å². The second kappa shape index (κ2) is 12.8. The van der Waals surface area contributed by atoms with Crippen molar-refractivity contribution < 1.29 is 46.2 Å². The smallest absolute Gasteiger partial charge is 0.484 e. The molecule has 3 rings (SSSR count). The number of carbonyl (C=O) groups is 4. The second-order valence-electron chi connectivity index (χ2n) is 8.41. The minimum atomic E-state index is -4.87. The molecule has 1 fully saturated rings. The largest absolute Gasteiger partial charge is 0.573 e. The van der Waals surface area contributed by atoms with E-state index >= 15 is 0 Å². The zero-order chi connectivity index (χ0) is 28.6. The fraction of sp³-hybridized carbons (Fsp3) is 0.280. The fourth-order valence-corrected chi connectivity index (χ4v) is 3.63. The van der Waals surface area contributed by atoms with E-state index in [1.807, 2.05) is 0 Å². The van der Waals surface area contributed by atoms with Gasteiger partial charge < -0.3 is 31.2 Å². The van der Waals surface area contributed by atoms with Crippen molar-refractivity contribution in [3.8, 4) is 11.5 Å². The molecule has 39 heavy (non-hydrogen) atoms. The van der Waals surface area contributed by atoms with Gasteiger partial charge in [-0.25, -0.2) is 4.39 Å². The van der Waals surface area contributed by atoms with Gasteiger partial charge in [0.15, 0.2) is 6.61 Å². The average Bonchev–Trinajstić information content (AvgIpc) is 3.26. The Morgan fingerprint density at radius 1 is 1.13 bits per heavy atom. The van der Waals surface area contributed by atoms with E-state index in [1.54, 1.807) is 0 Å². The summed E-state index contributed by atoms with van der Waals surface area (Å²) in [5.41, 5.74) is 5.22. The molecule has 0 radical (unpaired) electrons. The third-order valence-corrected chi connectivity index (χ3v) is 5.44. The minimum absolute atomic E-state index is 0.0309. The van der Waals surface area contributed by atoms with Gasteiger partial charge in [0.2, 0.25) is 11.8 Å². The number of rotatable bonds is 11. The molecule has 0 bridgehead atoms. The van der Waals surface area contributed by atoms with Crippen molar-refractivity contribution in [2.24, 2.45) is 11.7 Å². The van der Waals surface area contributed by atoms with E-state index in [0.717, 1.165) is 36.4 Å². The molecule has 0 aliphatic carbocycles. The second-order valence-corrected chi connectivity index (χ2v) is 8.41. The number of halogens is 4. The molecule has 2 atom stereocenters. The maximum Gasteiger partial charge on any atom is 0.573 e. The highest BCUT2D eigenvalue weighted by molar-refractivity contribution is 6.03. The first kappa shape index (κ1) is 28.9. The van der Waals surface area contributed by atoms with E-state index < -0.39 is 54.2 Å². The van der Waals surface area contributed by atoms with Gasteiger partial charge in [-0.2, -0.15) is 0 Å². The van der Waals surface area contributed by atoms with Crippen LogP contribution in [0.4, 0.5) is 17.6 Å². The lowest BCUT2D eigenvalue weighted by Gasteiger charge is -2.19. The number of carbonyl (C=O) groups excluding carboxylic acids is 4. The molecule has 208 valence electrons. The van der Waals surface area contributed by atoms with Crippen LogP contribution >= 0.6 is 0 Å². The summed E-state index contributed by atoms with van der Waals surface area (Å²) < 4.78 is 59.6. The molecule has 1 aliphatic rings. The van der Waals surface area contributed by atoms with Gasteiger partial charge in [0.25, 0.3) is 11.8 Å². The molecule has 2 aromatic carbocycles. The number of hydrogen-bond donors (Lipinski definition) is 4. The molecule has 0 unspecified atom stereocenters. The highest BCUT2D eigenvalue weighted by Gasteiger charge is 2.32. The lowest BCUT2D eigenvalue weighted by molar-refractivity contribution is -0.274. The molecule has 14 heteroatoms. The molecule has 10 nitrogen and oxygen atoms in total. The summed E-state index contributed by atoms with van der Waals surface area (Å²) in [4.78, 5) is 49.4. The Balaban J connectivity index is 1.70. The van der Waals surface area contributed by atoms with Crippen molar-refractivity contribution in [3.05, 3.63) is 65.6 Å². The van der Waals surface area contributed by atoms with Gasteiger partial charge in [-0.1, -0.05) is 12.1 Å². The number of amides is 4. The number of nitrogens with one attached hydrogen (secondary N) is 3. The summed E-state index contributed by atoms with van der Waals surface area (Å²) in [6.07, 6.45) is -3.34. The molecule has 1 aliphatic heterocycles. The summed E-state index contributed by atoms with van der Waals surface area (Å²) in [6.45, 7) is -0.240.